The molecule has 40 heavy (non-hydrogen) atoms. The van der Waals surface area contributed by atoms with Gasteiger partial charge in [-0.15, -0.1) is 0 Å². The number of halogens is 1. The third-order valence-corrected chi connectivity index (χ3v) is 8.54. The highest BCUT2D eigenvalue weighted by atomic mass is 35.5. The molecule has 2 aromatic carbocycles. The van der Waals surface area contributed by atoms with Crippen molar-refractivity contribution in [2.75, 3.05) is 17.2 Å². The molecule has 0 radical (unpaired) electrons. The van der Waals surface area contributed by atoms with Crippen LogP contribution in [0.1, 0.15) is 60.7 Å². The topological polar surface area (TPSA) is 146 Å². The quantitative estimate of drug-likeness (QED) is 0.357. The Hall–Kier alpha value is -3.77. The standard InChI is InChI=1S/C27H28ClN5O6S/c1-4-9-39-18-10-13(28)11-19-21(18)31-25(40-19)27(2,3)32-26(38)29-14-5-6-15-16(12-14)24(37)33(23(15)36)17-7-8-20(34)30-22(17)35/h5-6,10-12,17,25,31H,4,7-9H2,1-3H3,(H2,29,32,38)(H,30,34,35). The number of nitrogens with one attached hydrogen (secondary N) is 4. The number of piperidine rings is 1. The zero-order valence-electron chi connectivity index (χ0n) is 22.1. The van der Waals surface area contributed by atoms with Crippen molar-refractivity contribution in [1.29, 1.82) is 0 Å². The third-order valence-electron chi connectivity index (χ3n) is 6.80. The number of thioether (sulfide) groups is 1. The van der Waals surface area contributed by atoms with Crippen molar-refractivity contribution in [3.63, 3.8) is 0 Å². The predicted octanol–water partition coefficient (Wildman–Crippen LogP) is 3.97. The van der Waals surface area contributed by atoms with E-state index in [4.69, 9.17) is 16.3 Å². The number of benzene rings is 2. The Balaban J connectivity index is 1.26. The molecule has 6 amide bonds. The second-order valence-electron chi connectivity index (χ2n) is 10.3. The third kappa shape index (κ3) is 5.20. The predicted molar refractivity (Wildman–Crippen MR) is 150 cm³/mol. The maximum atomic E-state index is 13.1. The summed E-state index contributed by atoms with van der Waals surface area (Å²) >= 11 is 7.81. The number of anilines is 2. The fourth-order valence-corrected chi connectivity index (χ4v) is 6.33. The Morgan fingerprint density at radius 2 is 1.90 bits per heavy atom. The van der Waals surface area contributed by atoms with Crippen LogP contribution in [-0.2, 0) is 9.59 Å². The Morgan fingerprint density at radius 1 is 1.15 bits per heavy atom. The summed E-state index contributed by atoms with van der Waals surface area (Å²) in [5, 5.41) is 11.6. The second-order valence-corrected chi connectivity index (χ2v) is 11.9. The summed E-state index contributed by atoms with van der Waals surface area (Å²) < 4.78 is 5.86. The van der Waals surface area contributed by atoms with Gasteiger partial charge in [-0.3, -0.25) is 29.4 Å². The molecule has 0 spiro atoms. The molecule has 11 nitrogen and oxygen atoms in total. The molecular weight excluding hydrogens is 558 g/mol. The maximum Gasteiger partial charge on any atom is 0.319 e. The van der Waals surface area contributed by atoms with E-state index in [1.807, 2.05) is 26.8 Å². The number of imide groups is 2. The van der Waals surface area contributed by atoms with Gasteiger partial charge >= 0.3 is 6.03 Å². The number of amides is 6. The van der Waals surface area contributed by atoms with Crippen LogP contribution in [-0.4, -0.2) is 58.1 Å². The lowest BCUT2D eigenvalue weighted by Crippen LogP contribution is -2.54. The van der Waals surface area contributed by atoms with Crippen LogP contribution in [0, 0.1) is 0 Å². The molecule has 4 N–H and O–H groups in total. The highest BCUT2D eigenvalue weighted by molar-refractivity contribution is 8.00. The minimum atomic E-state index is -1.06. The summed E-state index contributed by atoms with van der Waals surface area (Å²) in [6.45, 7) is 6.32. The fraction of sp³-hybridized carbons (Fsp3) is 0.370. The van der Waals surface area contributed by atoms with E-state index >= 15 is 0 Å². The smallest absolute Gasteiger partial charge is 0.319 e. The van der Waals surface area contributed by atoms with Crippen LogP contribution in [0.25, 0.3) is 0 Å². The van der Waals surface area contributed by atoms with Crippen LogP contribution >= 0.6 is 23.4 Å². The molecule has 3 aliphatic rings. The monoisotopic (exact) mass is 585 g/mol. The lowest BCUT2D eigenvalue weighted by atomic mass is 10.0. The first-order valence-electron chi connectivity index (χ1n) is 12.8. The second kappa shape index (κ2) is 10.7. The molecule has 3 aliphatic heterocycles. The van der Waals surface area contributed by atoms with Crippen LogP contribution < -0.4 is 26.0 Å². The zero-order chi connectivity index (χ0) is 28.8. The first kappa shape index (κ1) is 27.8. The van der Waals surface area contributed by atoms with E-state index in [0.29, 0.717) is 23.1 Å². The number of rotatable bonds is 7. The van der Waals surface area contributed by atoms with Crippen LogP contribution in [0.5, 0.6) is 5.75 Å². The van der Waals surface area contributed by atoms with E-state index in [2.05, 4.69) is 21.3 Å². The highest BCUT2D eigenvalue weighted by Gasteiger charge is 2.45. The first-order valence-corrected chi connectivity index (χ1v) is 14.1. The normalized spacial score (nSPS) is 20.1. The van der Waals surface area contributed by atoms with Gasteiger partial charge in [0, 0.05) is 28.1 Å². The number of hydrogen-bond acceptors (Lipinski definition) is 8. The molecule has 1 saturated heterocycles. The van der Waals surface area contributed by atoms with Crippen molar-refractivity contribution >= 4 is 64.4 Å². The molecule has 13 heteroatoms. The number of urea groups is 1. The van der Waals surface area contributed by atoms with Crippen molar-refractivity contribution in [3.8, 4) is 5.75 Å². The minimum absolute atomic E-state index is 0.0336. The molecule has 0 aromatic heterocycles. The summed E-state index contributed by atoms with van der Waals surface area (Å²) in [5.41, 5.74) is 0.589. The van der Waals surface area contributed by atoms with Crippen LogP contribution in [0.2, 0.25) is 5.02 Å². The van der Waals surface area contributed by atoms with Crippen LogP contribution in [0.15, 0.2) is 35.2 Å². The van der Waals surface area contributed by atoms with Gasteiger partial charge in [-0.05, 0) is 51.0 Å². The van der Waals surface area contributed by atoms with Gasteiger partial charge in [0.1, 0.15) is 11.8 Å². The highest BCUT2D eigenvalue weighted by Crippen LogP contribution is 2.48. The van der Waals surface area contributed by atoms with Gasteiger partial charge in [0.2, 0.25) is 11.8 Å². The SMILES string of the molecule is CCCOc1cc(Cl)cc2c1NC(C(C)(C)NC(=O)Nc1ccc3c(c1)C(=O)N(C1CCC(=O)NC1=O)C3=O)S2. The van der Waals surface area contributed by atoms with Gasteiger partial charge in [0.25, 0.3) is 11.8 Å². The summed E-state index contributed by atoms with van der Waals surface area (Å²) in [6, 6.07) is 6.41. The van der Waals surface area contributed by atoms with E-state index in [1.165, 1.54) is 30.0 Å². The van der Waals surface area contributed by atoms with Crippen molar-refractivity contribution in [2.24, 2.45) is 0 Å². The molecule has 2 atom stereocenters. The van der Waals surface area contributed by atoms with E-state index in [9.17, 15) is 24.0 Å². The molecule has 0 saturated carbocycles. The van der Waals surface area contributed by atoms with Crippen molar-refractivity contribution in [2.45, 2.75) is 61.9 Å². The average molecular weight is 586 g/mol. The number of fused-ring (bicyclic) bond motifs is 2. The molecule has 3 heterocycles. The van der Waals surface area contributed by atoms with E-state index in [-0.39, 0.29) is 29.3 Å². The van der Waals surface area contributed by atoms with Crippen molar-refractivity contribution in [3.05, 3.63) is 46.5 Å². The maximum absolute atomic E-state index is 13.1. The number of nitrogens with zero attached hydrogens (tertiary/aromatic N) is 1. The number of carbonyl (C=O) groups excluding carboxylic acids is 5. The zero-order valence-corrected chi connectivity index (χ0v) is 23.6. The molecule has 1 fully saturated rings. The van der Waals surface area contributed by atoms with Crippen molar-refractivity contribution < 1.29 is 28.7 Å². The summed E-state index contributed by atoms with van der Waals surface area (Å²) in [4.78, 5) is 64.6. The van der Waals surface area contributed by atoms with E-state index in [0.717, 1.165) is 21.9 Å². The summed E-state index contributed by atoms with van der Waals surface area (Å²) in [6.07, 6.45) is 0.947. The lowest BCUT2D eigenvalue weighted by Gasteiger charge is -2.32. The largest absolute Gasteiger partial charge is 0.491 e. The first-order chi connectivity index (χ1) is 19.0. The Bertz CT molecular complexity index is 1450. The number of carbonyl (C=O) groups is 5. The molecule has 210 valence electrons. The van der Waals surface area contributed by atoms with Crippen LogP contribution in [0.4, 0.5) is 16.2 Å². The molecular formula is C27H28ClN5O6S. The van der Waals surface area contributed by atoms with E-state index < -0.39 is 41.2 Å². The Kier molecular flexibility index (Phi) is 7.40. The van der Waals surface area contributed by atoms with Gasteiger partial charge < -0.3 is 20.7 Å². The average Bonchev–Trinajstić information content (AvgIpc) is 3.42. The lowest BCUT2D eigenvalue weighted by molar-refractivity contribution is -0.136. The molecule has 0 aliphatic carbocycles. The number of hydrogen-bond donors (Lipinski definition) is 4. The molecule has 2 aromatic rings. The minimum Gasteiger partial charge on any atom is -0.491 e. The summed E-state index contributed by atoms with van der Waals surface area (Å²) in [7, 11) is 0. The fourth-order valence-electron chi connectivity index (χ4n) is 4.80. The van der Waals surface area contributed by atoms with Gasteiger partial charge in [0.05, 0.1) is 34.3 Å². The Morgan fingerprint density at radius 3 is 2.62 bits per heavy atom. The van der Waals surface area contributed by atoms with Gasteiger partial charge in [-0.25, -0.2) is 4.79 Å². The van der Waals surface area contributed by atoms with E-state index in [1.54, 1.807) is 6.07 Å². The van der Waals surface area contributed by atoms with Gasteiger partial charge in [-0.2, -0.15) is 0 Å². The molecule has 5 rings (SSSR count). The van der Waals surface area contributed by atoms with Gasteiger partial charge in [-0.1, -0.05) is 30.3 Å². The number of ether oxygens (including phenoxy) is 1. The summed E-state index contributed by atoms with van der Waals surface area (Å²) in [5.74, 6) is -1.73. The van der Waals surface area contributed by atoms with Gasteiger partial charge in [0.15, 0.2) is 0 Å². The molecule has 0 bridgehead atoms. The van der Waals surface area contributed by atoms with Crippen molar-refractivity contribution in [1.82, 2.24) is 15.5 Å². The molecule has 2 unspecified atom stereocenters. The Labute approximate surface area is 239 Å². The van der Waals surface area contributed by atoms with Crippen LogP contribution in [0.3, 0.4) is 0 Å².